The van der Waals surface area contributed by atoms with Gasteiger partial charge in [0.05, 0.1) is 5.69 Å². The van der Waals surface area contributed by atoms with Crippen molar-refractivity contribution >= 4 is 11.5 Å². The van der Waals surface area contributed by atoms with Gasteiger partial charge in [-0.15, -0.1) is 0 Å². The number of fused-ring (bicyclic) bond motifs is 1. The Morgan fingerprint density at radius 3 is 3.00 bits per heavy atom. The molecule has 0 aromatic heterocycles. The summed E-state index contributed by atoms with van der Waals surface area (Å²) in [4.78, 5) is 21.6. The van der Waals surface area contributed by atoms with E-state index in [0.717, 1.165) is 0 Å². The van der Waals surface area contributed by atoms with E-state index >= 15 is 0 Å². The highest BCUT2D eigenvalue weighted by Crippen LogP contribution is 2.27. The molecule has 1 aliphatic heterocycles. The number of halogens is 1. The molecule has 0 fully saturated rings. The van der Waals surface area contributed by atoms with E-state index in [9.17, 15) is 14.1 Å². The predicted octanol–water partition coefficient (Wildman–Crippen LogP) is 2.09. The fourth-order valence-corrected chi connectivity index (χ4v) is 1.72. The van der Waals surface area contributed by atoms with E-state index in [1.807, 2.05) is 0 Å². The number of nitroso groups, excluding NO2 is 1. The highest BCUT2D eigenvalue weighted by atomic mass is 19.1. The Hall–Kier alpha value is -1.78. The number of carbonyl (C=O) groups excluding carboxylic acids is 1. The van der Waals surface area contributed by atoms with Gasteiger partial charge in [-0.2, -0.15) is 4.91 Å². The minimum atomic E-state index is -0.510. The number of rotatable bonds is 2. The minimum absolute atomic E-state index is 0.101. The first-order chi connectivity index (χ1) is 7.22. The Morgan fingerprint density at radius 2 is 2.27 bits per heavy atom. The summed E-state index contributed by atoms with van der Waals surface area (Å²) in [5.41, 5.74) is 1.31. The summed E-state index contributed by atoms with van der Waals surface area (Å²) in [6, 6.07) is 2.42. The van der Waals surface area contributed by atoms with E-state index < -0.39 is 5.82 Å². The smallest absolute Gasteiger partial charge is 0.166 e. The molecule has 4 nitrogen and oxygen atoms in total. The second kappa shape index (κ2) is 3.76. The van der Waals surface area contributed by atoms with E-state index in [0.29, 0.717) is 29.8 Å². The number of nitrogens with zero attached hydrogens (tertiary/aromatic N) is 1. The van der Waals surface area contributed by atoms with Crippen LogP contribution in [-0.4, -0.2) is 12.3 Å². The molecule has 5 heteroatoms. The normalized spacial score (nSPS) is 14.3. The molecule has 0 bridgehead atoms. The number of hydrogen-bond acceptors (Lipinski definition) is 4. The van der Waals surface area contributed by atoms with Gasteiger partial charge in [-0.3, -0.25) is 4.79 Å². The predicted molar refractivity (Wildman–Crippen MR) is 53.3 cm³/mol. The lowest BCUT2D eigenvalue weighted by molar-refractivity contribution is 0.0983. The second-order valence-corrected chi connectivity index (χ2v) is 3.37. The van der Waals surface area contributed by atoms with Crippen molar-refractivity contribution in [2.24, 2.45) is 5.18 Å². The molecule has 0 amide bonds. The lowest BCUT2D eigenvalue weighted by Crippen LogP contribution is -2.19. The molecule has 0 atom stereocenters. The van der Waals surface area contributed by atoms with E-state index in [1.54, 1.807) is 0 Å². The van der Waals surface area contributed by atoms with Gasteiger partial charge < -0.3 is 5.32 Å². The molecule has 15 heavy (non-hydrogen) atoms. The standard InChI is InChI=1S/C10H9FN2O2/c11-7-3-6(5-13-15)10-8(4-7)9(14)1-2-12-10/h3-4,12H,1-2,5H2. The Morgan fingerprint density at radius 1 is 1.47 bits per heavy atom. The van der Waals surface area contributed by atoms with Crippen LogP contribution < -0.4 is 5.32 Å². The summed E-state index contributed by atoms with van der Waals surface area (Å²) < 4.78 is 13.1. The maximum Gasteiger partial charge on any atom is 0.166 e. The first-order valence-corrected chi connectivity index (χ1v) is 4.61. The van der Waals surface area contributed by atoms with Crippen molar-refractivity contribution in [2.45, 2.75) is 13.0 Å². The van der Waals surface area contributed by atoms with Gasteiger partial charge >= 0.3 is 0 Å². The van der Waals surface area contributed by atoms with Crippen molar-refractivity contribution in [2.75, 3.05) is 11.9 Å². The molecule has 1 N–H and O–H groups in total. The number of anilines is 1. The number of nitrogens with one attached hydrogen (secondary N) is 1. The summed E-state index contributed by atoms with van der Waals surface area (Å²) >= 11 is 0. The third-order valence-electron chi connectivity index (χ3n) is 2.37. The van der Waals surface area contributed by atoms with Crippen molar-refractivity contribution in [1.29, 1.82) is 0 Å². The van der Waals surface area contributed by atoms with Crippen molar-refractivity contribution in [3.63, 3.8) is 0 Å². The average molecular weight is 208 g/mol. The lowest BCUT2D eigenvalue weighted by Gasteiger charge is -2.19. The summed E-state index contributed by atoms with van der Waals surface area (Å²) in [6.07, 6.45) is 0.352. The van der Waals surface area contributed by atoms with E-state index in [-0.39, 0.29) is 12.3 Å². The van der Waals surface area contributed by atoms with Crippen LogP contribution in [0.5, 0.6) is 0 Å². The highest BCUT2D eigenvalue weighted by molar-refractivity contribution is 6.03. The zero-order valence-corrected chi connectivity index (χ0v) is 7.92. The minimum Gasteiger partial charge on any atom is -0.384 e. The van der Waals surface area contributed by atoms with Crippen LogP contribution in [0, 0.1) is 10.7 Å². The Labute approximate surface area is 85.5 Å². The van der Waals surface area contributed by atoms with Gasteiger partial charge in [0.2, 0.25) is 0 Å². The average Bonchev–Trinajstić information content (AvgIpc) is 2.20. The monoisotopic (exact) mass is 208 g/mol. The second-order valence-electron chi connectivity index (χ2n) is 3.37. The fourth-order valence-electron chi connectivity index (χ4n) is 1.72. The molecule has 0 unspecified atom stereocenters. The SMILES string of the molecule is O=NCc1cc(F)cc2c1NCCC2=O. The Balaban J connectivity index is 2.56. The van der Waals surface area contributed by atoms with Gasteiger partial charge in [-0.25, -0.2) is 4.39 Å². The molecule has 0 spiro atoms. The van der Waals surface area contributed by atoms with Gasteiger partial charge in [-0.1, -0.05) is 5.18 Å². The molecular weight excluding hydrogens is 199 g/mol. The molecule has 0 saturated carbocycles. The van der Waals surface area contributed by atoms with E-state index in [2.05, 4.69) is 10.5 Å². The summed E-state index contributed by atoms with van der Waals surface area (Å²) in [6.45, 7) is 0.393. The zero-order valence-electron chi connectivity index (χ0n) is 7.92. The van der Waals surface area contributed by atoms with Gasteiger partial charge in [0.1, 0.15) is 12.4 Å². The van der Waals surface area contributed by atoms with Gasteiger partial charge in [0, 0.05) is 24.1 Å². The summed E-state index contributed by atoms with van der Waals surface area (Å²) in [5.74, 6) is -0.611. The van der Waals surface area contributed by atoms with Crippen LogP contribution in [0.25, 0.3) is 0 Å². The van der Waals surface area contributed by atoms with Crippen LogP contribution in [0.3, 0.4) is 0 Å². The van der Waals surface area contributed by atoms with Crippen molar-refractivity contribution < 1.29 is 9.18 Å². The molecule has 1 aromatic carbocycles. The maximum absolute atomic E-state index is 13.1. The first-order valence-electron chi connectivity index (χ1n) is 4.61. The highest BCUT2D eigenvalue weighted by Gasteiger charge is 2.20. The van der Waals surface area contributed by atoms with Gasteiger partial charge in [0.15, 0.2) is 5.78 Å². The summed E-state index contributed by atoms with van der Waals surface area (Å²) in [5, 5.41) is 5.70. The molecule has 2 rings (SSSR count). The molecule has 0 aliphatic carbocycles. The van der Waals surface area contributed by atoms with Crippen molar-refractivity contribution in [3.8, 4) is 0 Å². The number of benzene rings is 1. The van der Waals surface area contributed by atoms with E-state index in [4.69, 9.17) is 0 Å². The lowest BCUT2D eigenvalue weighted by atomic mass is 9.98. The van der Waals surface area contributed by atoms with Crippen LogP contribution in [0.4, 0.5) is 10.1 Å². The molecule has 78 valence electrons. The van der Waals surface area contributed by atoms with E-state index in [1.165, 1.54) is 12.1 Å². The molecule has 1 aliphatic rings. The third-order valence-corrected chi connectivity index (χ3v) is 2.37. The third kappa shape index (κ3) is 1.72. The number of ketones is 1. The van der Waals surface area contributed by atoms with Crippen LogP contribution in [-0.2, 0) is 6.54 Å². The maximum atomic E-state index is 13.1. The number of carbonyl (C=O) groups is 1. The van der Waals surface area contributed by atoms with Crippen molar-refractivity contribution in [3.05, 3.63) is 34.0 Å². The van der Waals surface area contributed by atoms with Crippen LogP contribution in [0.1, 0.15) is 22.3 Å². The number of hydrogen-bond donors (Lipinski definition) is 1. The zero-order chi connectivity index (χ0) is 10.8. The topological polar surface area (TPSA) is 58.5 Å². The Kier molecular flexibility index (Phi) is 2.45. The molecule has 0 saturated heterocycles. The summed E-state index contributed by atoms with van der Waals surface area (Å²) in [7, 11) is 0. The Bertz CT molecular complexity index is 432. The largest absolute Gasteiger partial charge is 0.384 e. The van der Waals surface area contributed by atoms with Crippen LogP contribution >= 0.6 is 0 Å². The quantitative estimate of drug-likeness (QED) is 0.757. The number of Topliss-reactive ketones (excluding diaryl/α,β-unsaturated/α-hetero) is 1. The molecule has 1 heterocycles. The van der Waals surface area contributed by atoms with Gasteiger partial charge in [-0.05, 0) is 12.1 Å². The fraction of sp³-hybridized carbons (Fsp3) is 0.300. The van der Waals surface area contributed by atoms with Crippen molar-refractivity contribution in [1.82, 2.24) is 0 Å². The van der Waals surface area contributed by atoms with Crippen LogP contribution in [0.2, 0.25) is 0 Å². The molecule has 1 aromatic rings. The van der Waals surface area contributed by atoms with Gasteiger partial charge in [0.25, 0.3) is 0 Å². The first kappa shape index (κ1) is 9.76. The molecular formula is C10H9FN2O2. The molecule has 0 radical (unpaired) electrons. The van der Waals surface area contributed by atoms with Crippen LogP contribution in [0.15, 0.2) is 17.3 Å².